The number of rotatable bonds is 9. The van der Waals surface area contributed by atoms with Crippen LogP contribution in [0, 0.1) is 6.92 Å². The maximum atomic E-state index is 12.1. The first-order chi connectivity index (χ1) is 15.5. The third kappa shape index (κ3) is 5.78. The molecular weight excluding hydrogens is 408 g/mol. The summed E-state index contributed by atoms with van der Waals surface area (Å²) in [7, 11) is 4.60. The molecule has 0 aliphatic carbocycles. The summed E-state index contributed by atoms with van der Waals surface area (Å²) in [6, 6.07) is 19.3. The molecule has 7 nitrogen and oxygen atoms in total. The number of hydrogen-bond donors (Lipinski definition) is 1. The van der Waals surface area contributed by atoms with Crippen molar-refractivity contribution in [3.05, 3.63) is 71.8 Å². The number of amides is 1. The summed E-state index contributed by atoms with van der Waals surface area (Å²) in [4.78, 5) is 12.1. The molecule has 0 radical (unpaired) electrons. The highest BCUT2D eigenvalue weighted by Crippen LogP contribution is 2.37. The fourth-order valence-corrected chi connectivity index (χ4v) is 3.03. The molecule has 3 aromatic carbocycles. The molecule has 3 aromatic rings. The Balaban J connectivity index is 1.54. The lowest BCUT2D eigenvalue weighted by Crippen LogP contribution is -2.24. The lowest BCUT2D eigenvalue weighted by molar-refractivity contribution is -0.123. The fraction of sp³-hybridized carbons (Fsp3) is 0.200. The van der Waals surface area contributed by atoms with E-state index in [9.17, 15) is 4.79 Å². The van der Waals surface area contributed by atoms with E-state index < -0.39 is 0 Å². The van der Waals surface area contributed by atoms with Crippen LogP contribution in [0.25, 0.3) is 11.1 Å². The third-order valence-corrected chi connectivity index (χ3v) is 4.70. The van der Waals surface area contributed by atoms with E-state index in [1.165, 1.54) is 33.1 Å². The van der Waals surface area contributed by atoms with Crippen molar-refractivity contribution in [1.82, 2.24) is 5.43 Å². The third-order valence-electron chi connectivity index (χ3n) is 4.70. The Morgan fingerprint density at radius 3 is 1.97 bits per heavy atom. The second-order valence-electron chi connectivity index (χ2n) is 6.93. The van der Waals surface area contributed by atoms with Crippen molar-refractivity contribution in [1.29, 1.82) is 0 Å². The van der Waals surface area contributed by atoms with Crippen molar-refractivity contribution in [3.63, 3.8) is 0 Å². The number of ether oxygens (including phenoxy) is 4. The highest BCUT2D eigenvalue weighted by atomic mass is 16.5. The van der Waals surface area contributed by atoms with Crippen LogP contribution < -0.4 is 24.4 Å². The highest BCUT2D eigenvalue weighted by Gasteiger charge is 2.12. The molecule has 3 rings (SSSR count). The quantitative estimate of drug-likeness (QED) is 0.403. The zero-order valence-corrected chi connectivity index (χ0v) is 18.5. The number of aryl methyl sites for hydroxylation is 1. The Labute approximate surface area is 187 Å². The molecule has 0 fully saturated rings. The number of methoxy groups -OCH3 is 3. The van der Waals surface area contributed by atoms with Gasteiger partial charge in [-0.25, -0.2) is 5.43 Å². The Kier molecular flexibility index (Phi) is 7.70. The summed E-state index contributed by atoms with van der Waals surface area (Å²) < 4.78 is 21.4. The summed E-state index contributed by atoms with van der Waals surface area (Å²) in [5.74, 6) is 1.70. The molecule has 0 aliphatic rings. The monoisotopic (exact) mass is 434 g/mol. The van der Waals surface area contributed by atoms with Crippen molar-refractivity contribution >= 4 is 12.1 Å². The Morgan fingerprint density at radius 1 is 0.875 bits per heavy atom. The van der Waals surface area contributed by atoms with Gasteiger partial charge in [-0.1, -0.05) is 42.0 Å². The van der Waals surface area contributed by atoms with Gasteiger partial charge in [-0.15, -0.1) is 0 Å². The van der Waals surface area contributed by atoms with Crippen molar-refractivity contribution < 1.29 is 23.7 Å². The minimum absolute atomic E-state index is 0.156. The van der Waals surface area contributed by atoms with Gasteiger partial charge in [-0.2, -0.15) is 5.10 Å². The molecule has 0 atom stereocenters. The van der Waals surface area contributed by atoms with E-state index in [1.807, 2.05) is 24.3 Å². The molecule has 1 amide bonds. The molecule has 0 saturated heterocycles. The number of carbonyl (C=O) groups is 1. The minimum Gasteiger partial charge on any atom is -0.493 e. The van der Waals surface area contributed by atoms with Gasteiger partial charge in [0, 0.05) is 5.56 Å². The average molecular weight is 434 g/mol. The van der Waals surface area contributed by atoms with Gasteiger partial charge in [0.1, 0.15) is 5.75 Å². The Morgan fingerprint density at radius 2 is 1.44 bits per heavy atom. The molecule has 32 heavy (non-hydrogen) atoms. The first-order valence-corrected chi connectivity index (χ1v) is 9.96. The number of nitrogens with zero attached hydrogens (tertiary/aromatic N) is 1. The first kappa shape index (κ1) is 22.7. The molecule has 0 heterocycles. The molecule has 166 valence electrons. The van der Waals surface area contributed by atoms with Crippen LogP contribution in [0.15, 0.2) is 65.8 Å². The lowest BCUT2D eigenvalue weighted by Gasteiger charge is -2.12. The second-order valence-corrected chi connectivity index (χ2v) is 6.93. The Hall–Kier alpha value is -4.00. The number of hydrazone groups is 1. The SMILES string of the molecule is COc1cc(/C=N/NC(=O)COc2ccc(-c3ccc(C)cc3)cc2)cc(OC)c1OC. The summed E-state index contributed by atoms with van der Waals surface area (Å²) in [6.07, 6.45) is 1.48. The van der Waals surface area contributed by atoms with Crippen LogP contribution >= 0.6 is 0 Å². The van der Waals surface area contributed by atoms with Crippen LogP contribution in [-0.2, 0) is 4.79 Å². The van der Waals surface area contributed by atoms with E-state index >= 15 is 0 Å². The van der Waals surface area contributed by atoms with Gasteiger partial charge >= 0.3 is 0 Å². The van der Waals surface area contributed by atoms with Gasteiger partial charge in [0.05, 0.1) is 27.5 Å². The number of carbonyl (C=O) groups excluding carboxylic acids is 1. The van der Waals surface area contributed by atoms with Crippen molar-refractivity contribution in [3.8, 4) is 34.1 Å². The van der Waals surface area contributed by atoms with Crippen molar-refractivity contribution in [2.45, 2.75) is 6.92 Å². The van der Waals surface area contributed by atoms with Crippen LogP contribution in [-0.4, -0.2) is 40.1 Å². The van der Waals surface area contributed by atoms with E-state index in [0.717, 1.165) is 11.1 Å². The fourth-order valence-electron chi connectivity index (χ4n) is 3.03. The summed E-state index contributed by atoms with van der Waals surface area (Å²) in [5.41, 5.74) is 6.54. The van der Waals surface area contributed by atoms with Gasteiger partial charge in [-0.3, -0.25) is 4.79 Å². The largest absolute Gasteiger partial charge is 0.493 e. The van der Waals surface area contributed by atoms with E-state index in [4.69, 9.17) is 18.9 Å². The van der Waals surface area contributed by atoms with Crippen LogP contribution in [0.1, 0.15) is 11.1 Å². The number of benzene rings is 3. The molecule has 0 unspecified atom stereocenters. The van der Waals surface area contributed by atoms with Gasteiger partial charge in [0.15, 0.2) is 18.1 Å². The maximum absolute atomic E-state index is 12.1. The van der Waals surface area contributed by atoms with E-state index in [1.54, 1.807) is 12.1 Å². The van der Waals surface area contributed by atoms with Gasteiger partial charge in [0.25, 0.3) is 5.91 Å². The average Bonchev–Trinajstić information content (AvgIpc) is 2.83. The smallest absolute Gasteiger partial charge is 0.277 e. The second kappa shape index (κ2) is 10.9. The molecule has 0 saturated carbocycles. The molecule has 0 aromatic heterocycles. The standard InChI is InChI=1S/C25H26N2O5/c1-17-5-7-19(8-6-17)20-9-11-21(12-10-20)32-16-24(28)27-26-15-18-13-22(29-2)25(31-4)23(14-18)30-3/h5-15H,16H2,1-4H3,(H,27,28)/b26-15+. The van der Waals surface area contributed by atoms with E-state index in [0.29, 0.717) is 28.6 Å². The van der Waals surface area contributed by atoms with Crippen LogP contribution in [0.2, 0.25) is 0 Å². The molecule has 1 N–H and O–H groups in total. The molecular formula is C25H26N2O5. The van der Waals surface area contributed by atoms with Crippen molar-refractivity contribution in [2.24, 2.45) is 5.10 Å². The van der Waals surface area contributed by atoms with Gasteiger partial charge in [-0.05, 0) is 42.3 Å². The van der Waals surface area contributed by atoms with E-state index in [2.05, 4.69) is 41.7 Å². The predicted octanol–water partition coefficient (Wildman–Crippen LogP) is 4.22. The zero-order chi connectivity index (χ0) is 22.9. The maximum Gasteiger partial charge on any atom is 0.277 e. The summed E-state index contributed by atoms with van der Waals surface area (Å²) in [6.45, 7) is 1.90. The topological polar surface area (TPSA) is 78.4 Å². The highest BCUT2D eigenvalue weighted by molar-refractivity contribution is 5.84. The van der Waals surface area contributed by atoms with E-state index in [-0.39, 0.29) is 12.5 Å². The molecule has 0 aliphatic heterocycles. The summed E-state index contributed by atoms with van der Waals surface area (Å²) >= 11 is 0. The normalized spacial score (nSPS) is 10.6. The van der Waals surface area contributed by atoms with Crippen LogP contribution in [0.3, 0.4) is 0 Å². The van der Waals surface area contributed by atoms with Gasteiger partial charge < -0.3 is 18.9 Å². The number of nitrogens with one attached hydrogen (secondary N) is 1. The summed E-state index contributed by atoms with van der Waals surface area (Å²) in [5, 5.41) is 3.96. The predicted molar refractivity (Wildman–Crippen MR) is 124 cm³/mol. The Bertz CT molecular complexity index is 1050. The number of hydrogen-bond acceptors (Lipinski definition) is 6. The zero-order valence-electron chi connectivity index (χ0n) is 18.5. The molecule has 0 spiro atoms. The van der Waals surface area contributed by atoms with Gasteiger partial charge in [0.2, 0.25) is 5.75 Å². The first-order valence-electron chi connectivity index (χ1n) is 9.96. The lowest BCUT2D eigenvalue weighted by atomic mass is 10.0. The van der Waals surface area contributed by atoms with Crippen LogP contribution in [0.4, 0.5) is 0 Å². The minimum atomic E-state index is -0.378. The van der Waals surface area contributed by atoms with Crippen molar-refractivity contribution in [2.75, 3.05) is 27.9 Å². The molecule has 0 bridgehead atoms. The molecule has 7 heteroatoms. The van der Waals surface area contributed by atoms with Crippen LogP contribution in [0.5, 0.6) is 23.0 Å².